The maximum atomic E-state index is 4.01. The predicted octanol–water partition coefficient (Wildman–Crippen LogP) is 17.0. The smallest absolute Gasteiger partial charge is 0.0210 e. The van der Waals surface area contributed by atoms with Crippen molar-refractivity contribution in [3.8, 4) is 0 Å². The van der Waals surface area contributed by atoms with Crippen LogP contribution in [0.2, 0.25) is 0 Å². The average molecular weight is 787 g/mol. The van der Waals surface area contributed by atoms with Gasteiger partial charge in [0.05, 0.1) is 0 Å². The first-order valence-electron chi connectivity index (χ1n) is 20.8. The maximum absolute atomic E-state index is 4.01. The second-order valence-corrected chi connectivity index (χ2v) is 16.4. The van der Waals surface area contributed by atoms with Crippen LogP contribution in [-0.4, -0.2) is 0 Å². The Hall–Kier alpha value is -0.860. The number of rotatable bonds is 30. The average Bonchev–Trinajstić information content (AvgIpc) is 3.08. The van der Waals surface area contributed by atoms with Gasteiger partial charge in [-0.25, -0.2) is 0 Å². The van der Waals surface area contributed by atoms with Crippen molar-refractivity contribution in [3.63, 3.8) is 0 Å². The molecule has 2 heteroatoms. The molecule has 48 heavy (non-hydrogen) atoms. The number of halogens is 2. The molecule has 0 radical (unpaired) electrons. The third-order valence-electron chi connectivity index (χ3n) is 10.3. The Balaban J connectivity index is 2.30. The van der Waals surface area contributed by atoms with Crippen LogP contribution < -0.4 is 0 Å². The highest BCUT2D eigenvalue weighted by molar-refractivity contribution is 9.10. The molecule has 0 saturated heterocycles. The van der Waals surface area contributed by atoms with Crippen LogP contribution in [0.3, 0.4) is 0 Å². The zero-order valence-corrected chi connectivity index (χ0v) is 35.2. The van der Waals surface area contributed by atoms with Crippen molar-refractivity contribution >= 4 is 44.0 Å². The van der Waals surface area contributed by atoms with E-state index in [2.05, 4.69) is 96.0 Å². The lowest BCUT2D eigenvalue weighted by atomic mass is 9.93. The van der Waals surface area contributed by atoms with Gasteiger partial charge in [-0.3, -0.25) is 0 Å². The van der Waals surface area contributed by atoms with Gasteiger partial charge >= 0.3 is 0 Å². The van der Waals surface area contributed by atoms with E-state index in [0.717, 1.165) is 0 Å². The van der Waals surface area contributed by atoms with E-state index in [1.807, 2.05) is 0 Å². The molecule has 0 N–H and O–H groups in total. The van der Waals surface area contributed by atoms with Gasteiger partial charge in [0, 0.05) is 8.95 Å². The van der Waals surface area contributed by atoms with Gasteiger partial charge in [0.2, 0.25) is 0 Å². The van der Waals surface area contributed by atoms with Gasteiger partial charge in [-0.05, 0) is 96.9 Å². The lowest BCUT2D eigenvalue weighted by Crippen LogP contribution is -1.98. The minimum atomic E-state index is 1.18. The Labute approximate surface area is 316 Å². The first kappa shape index (κ1) is 43.3. The summed E-state index contributed by atoms with van der Waals surface area (Å²) < 4.78 is 2.64. The van der Waals surface area contributed by atoms with E-state index < -0.39 is 0 Å². The molecular weight excluding hydrogens is 712 g/mol. The molecule has 0 saturated carbocycles. The Morgan fingerprint density at radius 3 is 0.875 bits per heavy atom. The molecule has 0 unspecified atom stereocenters. The molecule has 0 amide bonds. The van der Waals surface area contributed by atoms with Crippen molar-refractivity contribution in [1.29, 1.82) is 0 Å². The molecular formula is C46H74Br2. The van der Waals surface area contributed by atoms with Crippen LogP contribution in [-0.2, 0) is 25.7 Å². The Kier molecular flexibility index (Phi) is 26.0. The minimum absolute atomic E-state index is 1.18. The number of hydrogen-bond donors (Lipinski definition) is 0. The normalized spacial score (nSPS) is 11.7. The van der Waals surface area contributed by atoms with E-state index in [0.29, 0.717) is 0 Å². The van der Waals surface area contributed by atoms with Crippen molar-refractivity contribution in [2.24, 2.45) is 0 Å². The molecule has 0 heterocycles. The first-order chi connectivity index (χ1) is 23.5. The summed E-state index contributed by atoms with van der Waals surface area (Å²) in [7, 11) is 0. The molecule has 0 spiro atoms. The molecule has 2 rings (SSSR count). The van der Waals surface area contributed by atoms with Crippen molar-refractivity contribution in [2.45, 2.75) is 207 Å². The highest BCUT2D eigenvalue weighted by Gasteiger charge is 2.11. The van der Waals surface area contributed by atoms with E-state index in [-0.39, 0.29) is 0 Å². The first-order valence-corrected chi connectivity index (χ1v) is 22.4. The van der Waals surface area contributed by atoms with Crippen LogP contribution in [0.5, 0.6) is 0 Å². The number of benzene rings is 2. The van der Waals surface area contributed by atoms with Gasteiger partial charge < -0.3 is 0 Å². The highest BCUT2D eigenvalue weighted by Crippen LogP contribution is 2.30. The van der Waals surface area contributed by atoms with Gasteiger partial charge in [0.15, 0.2) is 0 Å². The van der Waals surface area contributed by atoms with Gasteiger partial charge in [0.1, 0.15) is 0 Å². The Morgan fingerprint density at radius 2 is 0.583 bits per heavy atom. The summed E-state index contributed by atoms with van der Waals surface area (Å²) in [6.45, 7) is 9.23. The highest BCUT2D eigenvalue weighted by atomic mass is 79.9. The second-order valence-electron chi connectivity index (χ2n) is 14.7. The van der Waals surface area contributed by atoms with Crippen LogP contribution in [0.25, 0.3) is 12.2 Å². The van der Waals surface area contributed by atoms with Crippen LogP contribution >= 0.6 is 31.9 Å². The predicted molar refractivity (Wildman–Crippen MR) is 226 cm³/mol. The molecule has 0 aliphatic heterocycles. The summed E-state index contributed by atoms with van der Waals surface area (Å²) in [5.41, 5.74) is 8.90. The quantitative estimate of drug-likeness (QED) is 0.0547. The van der Waals surface area contributed by atoms with Crippen molar-refractivity contribution in [1.82, 2.24) is 0 Å². The van der Waals surface area contributed by atoms with Crippen LogP contribution in [0, 0.1) is 0 Å². The summed E-state index contributed by atoms with van der Waals surface area (Å²) in [4.78, 5) is 0. The molecule has 272 valence electrons. The summed E-state index contributed by atoms with van der Waals surface area (Å²) in [5.74, 6) is 0. The molecule has 0 aliphatic rings. The van der Waals surface area contributed by atoms with Crippen LogP contribution in [0.4, 0.5) is 0 Å². The number of hydrogen-bond acceptors (Lipinski definition) is 0. The van der Waals surface area contributed by atoms with Gasteiger partial charge in [-0.2, -0.15) is 0 Å². The molecule has 0 nitrogen and oxygen atoms in total. The van der Waals surface area contributed by atoms with Gasteiger partial charge in [-0.1, -0.05) is 212 Å². The van der Waals surface area contributed by atoms with Gasteiger partial charge in [-0.15, -0.1) is 0 Å². The monoisotopic (exact) mass is 784 g/mol. The van der Waals surface area contributed by atoms with Crippen LogP contribution in [0.1, 0.15) is 215 Å². The molecule has 0 aromatic heterocycles. The number of unbranched alkanes of at least 4 members (excludes halogenated alkanes) is 20. The molecule has 0 fully saturated rings. The number of aryl methyl sites for hydroxylation is 4. The van der Waals surface area contributed by atoms with Crippen molar-refractivity contribution < 1.29 is 0 Å². The fourth-order valence-electron chi connectivity index (χ4n) is 7.05. The molecule has 0 bridgehead atoms. The third kappa shape index (κ3) is 18.9. The van der Waals surface area contributed by atoms with E-state index in [9.17, 15) is 0 Å². The summed E-state index contributed by atoms with van der Waals surface area (Å²) in [6, 6.07) is 10.0. The van der Waals surface area contributed by atoms with Crippen molar-refractivity contribution in [2.75, 3.05) is 0 Å². The molecule has 2 aromatic rings. The van der Waals surface area contributed by atoms with E-state index in [1.165, 1.54) is 222 Å². The second kappa shape index (κ2) is 28.8. The van der Waals surface area contributed by atoms with Crippen molar-refractivity contribution in [3.05, 3.63) is 66.6 Å². The summed E-state index contributed by atoms with van der Waals surface area (Å²) >= 11 is 8.02. The maximum Gasteiger partial charge on any atom is 0.0210 e. The third-order valence-corrected chi connectivity index (χ3v) is 11.7. The van der Waals surface area contributed by atoms with Gasteiger partial charge in [0.25, 0.3) is 0 Å². The standard InChI is InChI=1S/C46H74Br2/c1-5-9-13-17-21-25-29-39-37-45(47)43(31-27-23-19-15-11-7-3)35-41(39)33-34-42-36-44(32-28-24-20-16-12-8-4)46(48)38-40(42)30-26-22-18-14-10-6-2/h33-38H,5-32H2,1-4H3/b34-33+. The zero-order valence-electron chi connectivity index (χ0n) is 32.0. The molecule has 0 atom stereocenters. The van der Waals surface area contributed by atoms with E-state index in [4.69, 9.17) is 0 Å². The lowest BCUT2D eigenvalue weighted by molar-refractivity contribution is 0.605. The largest absolute Gasteiger partial charge is 0.0654 e. The summed E-state index contributed by atoms with van der Waals surface area (Å²) in [6.07, 6.45) is 42.0. The van der Waals surface area contributed by atoms with Crippen LogP contribution in [0.15, 0.2) is 33.2 Å². The fraction of sp³-hybridized carbons (Fsp3) is 0.696. The summed E-state index contributed by atoms with van der Waals surface area (Å²) in [5, 5.41) is 0. The van der Waals surface area contributed by atoms with E-state index in [1.54, 1.807) is 0 Å². The van der Waals surface area contributed by atoms with E-state index >= 15 is 0 Å². The lowest BCUT2D eigenvalue weighted by Gasteiger charge is -2.14. The Morgan fingerprint density at radius 1 is 0.333 bits per heavy atom. The zero-order chi connectivity index (χ0) is 34.7. The Bertz CT molecular complexity index is 1030. The fourth-order valence-corrected chi connectivity index (χ4v) is 8.22. The molecule has 2 aromatic carbocycles. The minimum Gasteiger partial charge on any atom is -0.0654 e. The SMILES string of the molecule is CCCCCCCCc1cc(/C=C/c2cc(CCCCCCCC)c(Br)cc2CCCCCCCC)c(CCCCCCCC)cc1Br. The topological polar surface area (TPSA) is 0 Å². The molecule has 0 aliphatic carbocycles.